The van der Waals surface area contributed by atoms with Gasteiger partial charge in [0.15, 0.2) is 5.96 Å². The first-order valence-electron chi connectivity index (χ1n) is 6.67. The molecular weight excluding hydrogens is 353 g/mol. The zero-order valence-corrected chi connectivity index (χ0v) is 14.4. The van der Waals surface area contributed by atoms with Gasteiger partial charge in [-0.1, -0.05) is 27.2 Å². The van der Waals surface area contributed by atoms with Gasteiger partial charge in [0.25, 0.3) is 0 Å². The van der Waals surface area contributed by atoms with Gasteiger partial charge < -0.3 is 15.6 Å². The lowest BCUT2D eigenvalue weighted by atomic mass is 10.2. The number of hydrogen-bond acceptors (Lipinski definition) is 2. The van der Waals surface area contributed by atoms with Crippen molar-refractivity contribution >= 4 is 29.9 Å². The standard InChI is InChI=1S/C13H25N5.HI/c1-4-5-6-16-13(14)17-9-12-15-7-8-18(12)10-11(2)3;/h7-8,11H,4-6,9-10H2,1-3H3,(H3,14,16,17);1H. The summed E-state index contributed by atoms with van der Waals surface area (Å²) >= 11 is 0. The summed E-state index contributed by atoms with van der Waals surface area (Å²) in [6.45, 7) is 8.91. The van der Waals surface area contributed by atoms with Crippen molar-refractivity contribution in [3.63, 3.8) is 0 Å². The van der Waals surface area contributed by atoms with E-state index in [2.05, 4.69) is 40.6 Å². The Morgan fingerprint density at radius 3 is 2.89 bits per heavy atom. The molecule has 1 heterocycles. The third kappa shape index (κ3) is 7.39. The molecule has 0 fully saturated rings. The van der Waals surface area contributed by atoms with E-state index in [1.807, 2.05) is 12.4 Å². The second-order valence-corrected chi connectivity index (χ2v) is 4.87. The third-order valence-electron chi connectivity index (χ3n) is 2.59. The van der Waals surface area contributed by atoms with Gasteiger partial charge in [0.05, 0.1) is 0 Å². The van der Waals surface area contributed by atoms with Crippen LogP contribution in [-0.4, -0.2) is 22.1 Å². The van der Waals surface area contributed by atoms with Crippen LogP contribution >= 0.6 is 24.0 Å². The lowest BCUT2D eigenvalue weighted by molar-refractivity contribution is 0.507. The van der Waals surface area contributed by atoms with E-state index in [-0.39, 0.29) is 24.0 Å². The predicted octanol–water partition coefficient (Wildman–Crippen LogP) is 2.36. The molecule has 1 rings (SSSR count). The highest BCUT2D eigenvalue weighted by Gasteiger charge is 2.03. The predicted molar refractivity (Wildman–Crippen MR) is 90.7 cm³/mol. The van der Waals surface area contributed by atoms with Gasteiger partial charge in [0.2, 0.25) is 0 Å². The fourth-order valence-electron chi connectivity index (χ4n) is 1.66. The Labute approximate surface area is 133 Å². The Morgan fingerprint density at radius 2 is 2.26 bits per heavy atom. The third-order valence-corrected chi connectivity index (χ3v) is 2.59. The monoisotopic (exact) mass is 379 g/mol. The van der Waals surface area contributed by atoms with Crippen molar-refractivity contribution < 1.29 is 0 Å². The maximum atomic E-state index is 5.78. The zero-order chi connectivity index (χ0) is 13.4. The first-order chi connectivity index (χ1) is 8.63. The smallest absolute Gasteiger partial charge is 0.189 e. The highest BCUT2D eigenvalue weighted by atomic mass is 127. The number of hydrogen-bond donors (Lipinski definition) is 2. The molecule has 6 heteroatoms. The van der Waals surface area contributed by atoms with Gasteiger partial charge >= 0.3 is 0 Å². The summed E-state index contributed by atoms with van der Waals surface area (Å²) in [5, 5.41) is 3.10. The molecule has 0 aliphatic heterocycles. The van der Waals surface area contributed by atoms with E-state index in [9.17, 15) is 0 Å². The number of guanidine groups is 1. The van der Waals surface area contributed by atoms with Gasteiger partial charge in [-0.05, 0) is 12.3 Å². The van der Waals surface area contributed by atoms with E-state index in [4.69, 9.17) is 5.73 Å². The molecule has 0 saturated carbocycles. The van der Waals surface area contributed by atoms with Gasteiger partial charge in [-0.25, -0.2) is 9.98 Å². The number of nitrogens with one attached hydrogen (secondary N) is 1. The summed E-state index contributed by atoms with van der Waals surface area (Å²) < 4.78 is 2.13. The molecule has 0 saturated heterocycles. The molecular formula is C13H26IN5. The minimum Gasteiger partial charge on any atom is -0.370 e. The fraction of sp³-hybridized carbons (Fsp3) is 0.692. The topological polar surface area (TPSA) is 68.2 Å². The van der Waals surface area contributed by atoms with Crippen LogP contribution in [0, 0.1) is 5.92 Å². The SMILES string of the molecule is CCCCNC(N)=NCc1nccn1CC(C)C.I. The molecule has 0 bridgehead atoms. The number of nitrogens with zero attached hydrogens (tertiary/aromatic N) is 3. The van der Waals surface area contributed by atoms with Crippen LogP contribution < -0.4 is 11.1 Å². The zero-order valence-electron chi connectivity index (χ0n) is 12.1. The van der Waals surface area contributed by atoms with E-state index in [1.54, 1.807) is 0 Å². The van der Waals surface area contributed by atoms with E-state index < -0.39 is 0 Å². The molecule has 0 radical (unpaired) electrons. The fourth-order valence-corrected chi connectivity index (χ4v) is 1.66. The van der Waals surface area contributed by atoms with E-state index in [0.29, 0.717) is 18.4 Å². The van der Waals surface area contributed by atoms with E-state index in [1.165, 1.54) is 0 Å². The van der Waals surface area contributed by atoms with Crippen molar-refractivity contribution in [3.8, 4) is 0 Å². The van der Waals surface area contributed by atoms with Crippen LogP contribution in [0.4, 0.5) is 0 Å². The van der Waals surface area contributed by atoms with Gasteiger partial charge in [0, 0.05) is 25.5 Å². The van der Waals surface area contributed by atoms with Crippen LogP contribution in [0.3, 0.4) is 0 Å². The number of halogens is 1. The highest BCUT2D eigenvalue weighted by molar-refractivity contribution is 14.0. The lowest BCUT2D eigenvalue weighted by Gasteiger charge is -2.09. The summed E-state index contributed by atoms with van der Waals surface area (Å²) in [5.41, 5.74) is 5.78. The minimum atomic E-state index is 0. The molecule has 0 spiro atoms. The van der Waals surface area contributed by atoms with Crippen molar-refractivity contribution in [2.24, 2.45) is 16.6 Å². The molecule has 1 aromatic rings. The Hall–Kier alpha value is -0.790. The number of imidazole rings is 1. The molecule has 0 aliphatic carbocycles. The highest BCUT2D eigenvalue weighted by Crippen LogP contribution is 2.04. The number of aliphatic imine (C=N–C) groups is 1. The number of nitrogens with two attached hydrogens (primary N) is 1. The van der Waals surface area contributed by atoms with Crippen molar-refractivity contribution in [2.45, 2.75) is 46.7 Å². The molecule has 1 aromatic heterocycles. The average Bonchev–Trinajstić information content (AvgIpc) is 2.73. The summed E-state index contributed by atoms with van der Waals surface area (Å²) in [5.74, 6) is 2.06. The first-order valence-corrected chi connectivity index (χ1v) is 6.67. The largest absolute Gasteiger partial charge is 0.370 e. The average molecular weight is 379 g/mol. The maximum absolute atomic E-state index is 5.78. The molecule has 0 aromatic carbocycles. The van der Waals surface area contributed by atoms with Crippen molar-refractivity contribution in [2.75, 3.05) is 6.54 Å². The molecule has 19 heavy (non-hydrogen) atoms. The van der Waals surface area contributed by atoms with Crippen LogP contribution in [0.2, 0.25) is 0 Å². The Morgan fingerprint density at radius 1 is 1.53 bits per heavy atom. The molecule has 110 valence electrons. The van der Waals surface area contributed by atoms with E-state index in [0.717, 1.165) is 31.8 Å². The molecule has 0 atom stereocenters. The van der Waals surface area contributed by atoms with Crippen LogP contribution in [0.5, 0.6) is 0 Å². The molecule has 0 aliphatic rings. The number of rotatable bonds is 7. The second kappa shape index (κ2) is 10.1. The van der Waals surface area contributed by atoms with Gasteiger partial charge in [-0.15, -0.1) is 24.0 Å². The summed E-state index contributed by atoms with van der Waals surface area (Å²) in [6, 6.07) is 0. The van der Waals surface area contributed by atoms with Crippen LogP contribution in [0.25, 0.3) is 0 Å². The first kappa shape index (κ1) is 18.2. The molecule has 0 unspecified atom stereocenters. The Kier molecular flexibility index (Phi) is 9.63. The Balaban J connectivity index is 0.00000324. The Bertz CT molecular complexity index is 373. The van der Waals surface area contributed by atoms with Crippen molar-refractivity contribution in [3.05, 3.63) is 18.2 Å². The normalized spacial score (nSPS) is 11.5. The lowest BCUT2D eigenvalue weighted by Crippen LogP contribution is -2.32. The van der Waals surface area contributed by atoms with Gasteiger partial charge in [-0.2, -0.15) is 0 Å². The number of unbranched alkanes of at least 4 members (excludes halogenated alkanes) is 1. The van der Waals surface area contributed by atoms with Gasteiger partial charge in [-0.3, -0.25) is 0 Å². The molecule has 5 nitrogen and oxygen atoms in total. The van der Waals surface area contributed by atoms with Crippen molar-refractivity contribution in [1.82, 2.24) is 14.9 Å². The molecule has 3 N–H and O–H groups in total. The van der Waals surface area contributed by atoms with Gasteiger partial charge in [0.1, 0.15) is 12.4 Å². The summed E-state index contributed by atoms with van der Waals surface area (Å²) in [6.07, 6.45) is 6.07. The maximum Gasteiger partial charge on any atom is 0.189 e. The van der Waals surface area contributed by atoms with Crippen LogP contribution in [-0.2, 0) is 13.1 Å². The minimum absolute atomic E-state index is 0. The van der Waals surface area contributed by atoms with Crippen molar-refractivity contribution in [1.29, 1.82) is 0 Å². The summed E-state index contributed by atoms with van der Waals surface area (Å²) in [4.78, 5) is 8.62. The van der Waals surface area contributed by atoms with Crippen LogP contribution in [0.15, 0.2) is 17.4 Å². The van der Waals surface area contributed by atoms with Crippen LogP contribution in [0.1, 0.15) is 39.4 Å². The number of aromatic nitrogens is 2. The molecule has 0 amide bonds. The second-order valence-electron chi connectivity index (χ2n) is 4.87. The van der Waals surface area contributed by atoms with E-state index >= 15 is 0 Å². The quantitative estimate of drug-likeness (QED) is 0.331. The summed E-state index contributed by atoms with van der Waals surface area (Å²) in [7, 11) is 0.